The number of carbonyl (C=O) groups is 11. The van der Waals surface area contributed by atoms with Crippen LogP contribution in [0.1, 0.15) is 188 Å². The van der Waals surface area contributed by atoms with Crippen molar-refractivity contribution >= 4 is 76.7 Å². The van der Waals surface area contributed by atoms with Gasteiger partial charge in [-0.05, 0) is 127 Å². The van der Waals surface area contributed by atoms with Crippen LogP contribution in [0.4, 0.5) is 0 Å². The zero-order valence-electron chi connectivity index (χ0n) is 62.8. The molecule has 1 aliphatic heterocycles. The molecule has 0 saturated carbocycles. The minimum absolute atomic E-state index is 0.00298. The Balaban J connectivity index is 4.58. The van der Waals surface area contributed by atoms with Crippen LogP contribution in [-0.4, -0.2) is 260 Å². The number of hydrogen-bond acceptors (Lipinski definition) is 15. The summed E-state index contributed by atoms with van der Waals surface area (Å²) in [5, 5.41) is 44.2. The van der Waals surface area contributed by atoms with Crippen LogP contribution >= 0.6 is 11.8 Å². The molecule has 0 aromatic carbocycles. The average Bonchev–Trinajstić information content (AvgIpc) is 0.812. The highest BCUT2D eigenvalue weighted by Gasteiger charge is 2.47. The van der Waals surface area contributed by atoms with Gasteiger partial charge in [0.25, 0.3) is 0 Å². The molecule has 0 aromatic heterocycles. The molecule has 0 radical (unpaired) electrons. The Morgan fingerprint density at radius 1 is 0.510 bits per heavy atom. The van der Waals surface area contributed by atoms with E-state index in [-0.39, 0.29) is 68.6 Å². The Morgan fingerprint density at radius 2 is 0.990 bits per heavy atom. The molecule has 0 bridgehead atoms. The molecule has 96 heavy (non-hydrogen) atoms. The number of unbranched alkanes of at least 4 members (excludes halogenated alkanes) is 3. The third kappa shape index (κ3) is 26.4. The predicted molar refractivity (Wildman–Crippen MR) is 376 cm³/mol. The minimum atomic E-state index is -1.67. The molecular weight excluding hydrogens is 1250 g/mol. The molecule has 26 heteroatoms. The number of rotatable bonds is 24. The van der Waals surface area contributed by atoms with Crippen molar-refractivity contribution in [2.45, 2.75) is 266 Å². The molecule has 1 saturated heterocycles. The van der Waals surface area contributed by atoms with Crippen molar-refractivity contribution in [1.29, 1.82) is 0 Å². The molecule has 0 aliphatic carbocycles. The number of aliphatic hydroxyl groups is 3. The quantitative estimate of drug-likeness (QED) is 0.0519. The summed E-state index contributed by atoms with van der Waals surface area (Å²) >= 11 is 1.37. The normalized spacial score (nSPS) is 26.1. The predicted octanol–water partition coefficient (Wildman–Crippen LogP) is 4.43. The summed E-state index contributed by atoms with van der Waals surface area (Å²) in [5.74, 6) is -9.56. The zero-order valence-corrected chi connectivity index (χ0v) is 63.6. The van der Waals surface area contributed by atoms with Gasteiger partial charge < -0.3 is 70.9 Å². The number of aliphatic hydroxyl groups excluding tert-OH is 2. The molecule has 0 aromatic rings. The van der Waals surface area contributed by atoms with Gasteiger partial charge in [-0.15, -0.1) is 0 Å². The molecule has 1 rings (SSSR count). The SMILES string of the molecule is C/C=C/C[C@@H](C)[C@@H](O)[C@H]1C(=O)N[C@H](CC)C(=O)N(C)[C@H](CSCCCCCCO)C(=O)N(C)[C@@H](CC(C)(C)O)C(=O)N[C@H](C(C)C)C(=O)N(C)[C@H](CC(C)C)C(=O)N[C@H](C)C(=O)N[C@@H](C)C(=O)N(C)[C@H](CC(C)C)C(=O)N(C)[C@H](CCC(C)C)C(=O)N(C)[C@H](C(C)C)C(=O)N1C. The van der Waals surface area contributed by atoms with Crippen molar-refractivity contribution in [2.24, 2.45) is 35.5 Å². The molecule has 1 heterocycles. The van der Waals surface area contributed by atoms with Crippen LogP contribution in [0.2, 0.25) is 0 Å². The number of nitrogens with zero attached hydrogens (tertiary/aromatic N) is 7. The summed E-state index contributed by atoms with van der Waals surface area (Å²) in [6, 6.07) is -14.5. The van der Waals surface area contributed by atoms with E-state index >= 15 is 28.8 Å². The molecule has 13 atom stereocenters. The first-order valence-corrected chi connectivity index (χ1v) is 35.9. The van der Waals surface area contributed by atoms with Crippen LogP contribution in [0.15, 0.2) is 12.2 Å². The van der Waals surface area contributed by atoms with E-state index in [1.54, 1.807) is 60.6 Å². The van der Waals surface area contributed by atoms with Crippen molar-refractivity contribution in [3.05, 3.63) is 12.2 Å². The second-order valence-corrected chi connectivity index (χ2v) is 30.4. The summed E-state index contributed by atoms with van der Waals surface area (Å²) < 4.78 is 0. The summed E-state index contributed by atoms with van der Waals surface area (Å²) in [7, 11) is 9.86. The Morgan fingerprint density at radius 3 is 1.50 bits per heavy atom. The number of thioether (sulfide) groups is 1. The first kappa shape index (κ1) is 88.2. The Kier molecular flexibility index (Phi) is 38.1. The number of carbonyl (C=O) groups excluding carboxylic acids is 11. The van der Waals surface area contributed by atoms with Gasteiger partial charge in [0.2, 0.25) is 65.0 Å². The monoisotopic (exact) mass is 1380 g/mol. The second kappa shape index (κ2) is 41.5. The Labute approximate surface area is 579 Å². The van der Waals surface area contributed by atoms with Crippen molar-refractivity contribution < 1.29 is 68.1 Å². The van der Waals surface area contributed by atoms with E-state index in [0.29, 0.717) is 25.0 Å². The number of hydrogen-bond donors (Lipinski definition) is 7. The molecule has 552 valence electrons. The molecule has 7 N–H and O–H groups in total. The van der Waals surface area contributed by atoms with Gasteiger partial charge in [0.05, 0.1) is 11.7 Å². The smallest absolute Gasteiger partial charge is 0.246 e. The summed E-state index contributed by atoms with van der Waals surface area (Å²) in [6.07, 6.45) is 5.67. The maximum Gasteiger partial charge on any atom is 0.246 e. The van der Waals surface area contributed by atoms with Gasteiger partial charge in [0.1, 0.15) is 66.5 Å². The second-order valence-electron chi connectivity index (χ2n) is 29.2. The lowest BCUT2D eigenvalue weighted by atomic mass is 9.91. The van der Waals surface area contributed by atoms with Crippen LogP contribution < -0.4 is 21.3 Å². The van der Waals surface area contributed by atoms with Crippen LogP contribution in [0.5, 0.6) is 0 Å². The van der Waals surface area contributed by atoms with E-state index in [0.717, 1.165) is 22.6 Å². The van der Waals surface area contributed by atoms with E-state index in [9.17, 15) is 39.3 Å². The number of allylic oxidation sites excluding steroid dienone is 2. The highest BCUT2D eigenvalue weighted by atomic mass is 32.2. The Hall–Kier alpha value is -5.86. The molecule has 11 amide bonds. The lowest BCUT2D eigenvalue weighted by Gasteiger charge is -2.41. The molecule has 1 fully saturated rings. The summed E-state index contributed by atoms with van der Waals surface area (Å²) in [4.78, 5) is 173. The standard InChI is InChI=1S/C70H127N11O14S/c1-25-27-32-46(13)58(83)57-62(87)73-49(26-2)64(89)79(22)54(40-96-36-31-29-28-30-35-82)67(92)78(21)53(39-70(16,17)95)61(86)74-55(44(9)10)68(93)76(19)51(37-42(5)6)60(85)71-47(14)59(84)72-48(15)63(88)77(20)52(38-43(7)8)66(91)75(18)50(34-33-41(3)4)65(90)80(23)56(45(11)12)69(94)81(57)24/h25,27,41-58,82-83,95H,26,28-40H2,1-24H3,(H,71,85)(H,72,84)(H,73,87)(H,74,86)/b27-25+/t46-,47-,48+,49-,50-,51-,52-,53+,54-,55-,56-,57+,58-/m1/s1. The lowest BCUT2D eigenvalue weighted by molar-refractivity contribution is -0.157. The first-order valence-electron chi connectivity index (χ1n) is 34.8. The molecule has 25 nitrogen and oxygen atoms in total. The highest BCUT2D eigenvalue weighted by Crippen LogP contribution is 2.27. The van der Waals surface area contributed by atoms with Gasteiger partial charge in [-0.25, -0.2) is 0 Å². The third-order valence-electron chi connectivity index (χ3n) is 18.2. The first-order chi connectivity index (χ1) is 44.5. The van der Waals surface area contributed by atoms with Crippen molar-refractivity contribution in [1.82, 2.24) is 55.6 Å². The average molecular weight is 1380 g/mol. The van der Waals surface area contributed by atoms with E-state index < -0.39 is 161 Å². The van der Waals surface area contributed by atoms with Gasteiger partial charge in [0, 0.05) is 68.1 Å². The van der Waals surface area contributed by atoms with E-state index in [2.05, 4.69) is 21.3 Å². The van der Waals surface area contributed by atoms with Gasteiger partial charge in [-0.3, -0.25) is 52.7 Å². The van der Waals surface area contributed by atoms with Crippen molar-refractivity contribution in [2.75, 3.05) is 67.4 Å². The van der Waals surface area contributed by atoms with Gasteiger partial charge in [-0.1, -0.05) is 108 Å². The zero-order chi connectivity index (χ0) is 74.1. The van der Waals surface area contributed by atoms with E-state index in [4.69, 9.17) is 0 Å². The molecular formula is C70H127N11O14S. The highest BCUT2D eigenvalue weighted by molar-refractivity contribution is 7.99. The molecule has 0 unspecified atom stereocenters. The van der Waals surface area contributed by atoms with Crippen LogP contribution in [-0.2, 0) is 52.7 Å². The third-order valence-corrected chi connectivity index (χ3v) is 19.3. The fourth-order valence-electron chi connectivity index (χ4n) is 11.9. The lowest BCUT2D eigenvalue weighted by Crippen LogP contribution is -2.64. The maximum atomic E-state index is 15.4. The summed E-state index contributed by atoms with van der Waals surface area (Å²) in [6.45, 7) is 29.1. The minimum Gasteiger partial charge on any atom is -0.396 e. The fourth-order valence-corrected chi connectivity index (χ4v) is 13.1. The van der Waals surface area contributed by atoms with Crippen LogP contribution in [0.25, 0.3) is 0 Å². The van der Waals surface area contributed by atoms with Gasteiger partial charge in [-0.2, -0.15) is 11.8 Å². The Bertz CT molecular complexity index is 2580. The van der Waals surface area contributed by atoms with Crippen molar-refractivity contribution in [3.8, 4) is 0 Å². The maximum absolute atomic E-state index is 15.4. The largest absolute Gasteiger partial charge is 0.396 e. The number of nitrogens with one attached hydrogen (secondary N) is 4. The summed E-state index contributed by atoms with van der Waals surface area (Å²) in [5.41, 5.74) is -1.59. The topological polar surface area (TPSA) is 319 Å². The van der Waals surface area contributed by atoms with Crippen LogP contribution in [0, 0.1) is 35.5 Å². The number of amides is 11. The van der Waals surface area contributed by atoms with Crippen molar-refractivity contribution in [3.63, 3.8) is 0 Å². The van der Waals surface area contributed by atoms with Gasteiger partial charge >= 0.3 is 0 Å². The van der Waals surface area contributed by atoms with E-state index in [1.165, 1.54) is 113 Å². The number of likely N-dealkylation sites (N-methyl/N-ethyl adjacent to an activating group) is 7. The molecule has 1 aliphatic rings. The fraction of sp³-hybridized carbons (Fsp3) is 0.814. The van der Waals surface area contributed by atoms with Crippen LogP contribution in [0.3, 0.4) is 0 Å². The van der Waals surface area contributed by atoms with Gasteiger partial charge in [0.15, 0.2) is 0 Å². The molecule has 0 spiro atoms. The van der Waals surface area contributed by atoms with E-state index in [1.807, 2.05) is 41.5 Å².